The third-order valence-electron chi connectivity index (χ3n) is 4.43. The van der Waals surface area contributed by atoms with Crippen LogP contribution in [0.3, 0.4) is 0 Å². The molecule has 0 saturated heterocycles. The third-order valence-corrected chi connectivity index (χ3v) is 7.74. The highest BCUT2D eigenvalue weighted by Crippen LogP contribution is 2.32. The molecule has 1 heterocycles. The van der Waals surface area contributed by atoms with Crippen molar-refractivity contribution in [3.05, 3.63) is 59.2 Å². The molecule has 27 heavy (non-hydrogen) atoms. The van der Waals surface area contributed by atoms with Crippen molar-refractivity contribution in [3.63, 3.8) is 0 Å². The Morgan fingerprint density at radius 2 is 1.56 bits per heavy atom. The maximum absolute atomic E-state index is 6.73. The van der Waals surface area contributed by atoms with Gasteiger partial charge in [0.2, 0.25) is 0 Å². The zero-order chi connectivity index (χ0) is 19.8. The van der Waals surface area contributed by atoms with E-state index in [-0.39, 0.29) is 0 Å². The van der Waals surface area contributed by atoms with E-state index in [1.54, 1.807) is 0 Å². The molecule has 0 aliphatic rings. The van der Waals surface area contributed by atoms with E-state index >= 15 is 0 Å². The van der Waals surface area contributed by atoms with E-state index in [4.69, 9.17) is 11.6 Å². The monoisotopic (exact) mass is 407 g/mol. The predicted octanol–water partition coefficient (Wildman–Crippen LogP) is 6.33. The first-order chi connectivity index (χ1) is 12.5. The van der Waals surface area contributed by atoms with Crippen molar-refractivity contribution in [2.24, 2.45) is 0 Å². The van der Waals surface area contributed by atoms with E-state index in [1.165, 1.54) is 5.19 Å². The molecule has 0 N–H and O–H groups in total. The van der Waals surface area contributed by atoms with E-state index in [0.717, 1.165) is 32.6 Å². The Morgan fingerprint density at radius 1 is 0.889 bits per heavy atom. The summed E-state index contributed by atoms with van der Waals surface area (Å²) in [7, 11) is -2.72. The molecule has 1 aromatic heterocycles. The van der Waals surface area contributed by atoms with Crippen LogP contribution in [0.2, 0.25) is 44.3 Å². The Morgan fingerprint density at radius 3 is 2.15 bits per heavy atom. The minimum absolute atomic E-state index is 0.718. The molecule has 138 valence electrons. The predicted molar refractivity (Wildman–Crippen MR) is 125 cm³/mol. The van der Waals surface area contributed by atoms with E-state index < -0.39 is 16.1 Å². The Labute approximate surface area is 169 Å². The highest BCUT2D eigenvalue weighted by Gasteiger charge is 2.18. The fraction of sp³-hybridized carbons (Fsp3) is 0.261. The number of hydrogen-bond donors (Lipinski definition) is 0. The number of nitrogens with zero attached hydrogens (tertiary/aromatic N) is 1. The normalized spacial score (nSPS) is 12.0. The summed E-state index contributed by atoms with van der Waals surface area (Å²) in [6.45, 7) is 13.8. The molecular formula is C23H26ClNSi2. The molecule has 0 bridgehead atoms. The van der Waals surface area contributed by atoms with Gasteiger partial charge >= 0.3 is 0 Å². The Hall–Kier alpha value is -1.87. The molecule has 0 saturated carbocycles. The lowest BCUT2D eigenvalue weighted by Gasteiger charge is -2.17. The second-order valence-corrected chi connectivity index (χ2v) is 19.3. The van der Waals surface area contributed by atoms with Crippen LogP contribution < -0.4 is 5.19 Å². The van der Waals surface area contributed by atoms with Crippen molar-refractivity contribution < 1.29 is 0 Å². The first kappa shape index (κ1) is 19.9. The number of halogens is 1. The maximum atomic E-state index is 6.73. The molecule has 0 aliphatic heterocycles. The SMILES string of the molecule is C[Si](C)(C)C#Cc1ccc(-c2ncc3cc([Si](C)(C)C)ccc3c2Cl)cc1. The summed E-state index contributed by atoms with van der Waals surface area (Å²) in [5.41, 5.74) is 6.29. The fourth-order valence-electron chi connectivity index (χ4n) is 2.83. The maximum Gasteiger partial charge on any atom is 0.129 e. The largest absolute Gasteiger partial charge is 0.254 e. The average Bonchev–Trinajstić information content (AvgIpc) is 2.59. The molecule has 3 rings (SSSR count). The van der Waals surface area contributed by atoms with Crippen LogP contribution in [0.5, 0.6) is 0 Å². The molecule has 0 spiro atoms. The standard InChI is InChI=1S/C23H26ClNSi2/c1-26(2,3)14-13-17-7-9-18(10-8-17)23-22(24)21-12-11-20(27(4,5)6)15-19(21)16-25-23/h7-12,15-16H,1-6H3. The van der Waals surface area contributed by atoms with Crippen LogP contribution in [0.25, 0.3) is 22.0 Å². The molecule has 3 aromatic rings. The van der Waals surface area contributed by atoms with Gasteiger partial charge in [0, 0.05) is 28.1 Å². The van der Waals surface area contributed by atoms with Gasteiger partial charge in [-0.25, -0.2) is 0 Å². The second-order valence-electron chi connectivity index (χ2n) is 9.05. The van der Waals surface area contributed by atoms with Gasteiger partial charge in [0.25, 0.3) is 0 Å². The molecule has 0 amide bonds. The zero-order valence-electron chi connectivity index (χ0n) is 16.9. The van der Waals surface area contributed by atoms with Gasteiger partial charge in [-0.3, -0.25) is 4.98 Å². The van der Waals surface area contributed by atoms with E-state index in [1.807, 2.05) is 6.20 Å². The van der Waals surface area contributed by atoms with Gasteiger partial charge in [0.15, 0.2) is 0 Å². The molecule has 2 aromatic carbocycles. The van der Waals surface area contributed by atoms with Crippen molar-refractivity contribution in [3.8, 4) is 22.7 Å². The topological polar surface area (TPSA) is 12.9 Å². The Bertz CT molecular complexity index is 1050. The lowest BCUT2D eigenvalue weighted by atomic mass is 10.1. The van der Waals surface area contributed by atoms with Gasteiger partial charge in [-0.2, -0.15) is 0 Å². The van der Waals surface area contributed by atoms with E-state index in [2.05, 4.69) is 98.2 Å². The van der Waals surface area contributed by atoms with Gasteiger partial charge < -0.3 is 0 Å². The van der Waals surface area contributed by atoms with Crippen LogP contribution in [0.4, 0.5) is 0 Å². The summed E-state index contributed by atoms with van der Waals surface area (Å²) in [6, 6.07) is 14.8. The number of hydrogen-bond acceptors (Lipinski definition) is 1. The van der Waals surface area contributed by atoms with Crippen molar-refractivity contribution >= 4 is 43.7 Å². The number of fused-ring (bicyclic) bond motifs is 1. The zero-order valence-corrected chi connectivity index (χ0v) is 19.7. The molecule has 0 fully saturated rings. The Balaban J connectivity index is 1.99. The van der Waals surface area contributed by atoms with Crippen LogP contribution in [0.1, 0.15) is 5.56 Å². The summed E-state index contributed by atoms with van der Waals surface area (Å²) >= 11 is 6.73. The number of pyridine rings is 1. The van der Waals surface area contributed by atoms with Crippen molar-refractivity contribution in [1.29, 1.82) is 0 Å². The summed E-state index contributed by atoms with van der Waals surface area (Å²) in [5, 5.41) is 4.31. The lowest BCUT2D eigenvalue weighted by molar-refractivity contribution is 1.36. The molecular weight excluding hydrogens is 382 g/mol. The third kappa shape index (κ3) is 4.70. The molecule has 0 radical (unpaired) electrons. The van der Waals surface area contributed by atoms with Crippen LogP contribution in [0.15, 0.2) is 48.7 Å². The van der Waals surface area contributed by atoms with Crippen LogP contribution in [-0.4, -0.2) is 21.1 Å². The second kappa shape index (κ2) is 7.28. The number of rotatable bonds is 2. The number of benzene rings is 2. The van der Waals surface area contributed by atoms with Crippen molar-refractivity contribution in [2.45, 2.75) is 39.3 Å². The smallest absolute Gasteiger partial charge is 0.129 e. The van der Waals surface area contributed by atoms with Gasteiger partial charge in [-0.05, 0) is 12.1 Å². The van der Waals surface area contributed by atoms with Gasteiger partial charge in [0.1, 0.15) is 8.07 Å². The van der Waals surface area contributed by atoms with Crippen LogP contribution in [-0.2, 0) is 0 Å². The van der Waals surface area contributed by atoms with Crippen molar-refractivity contribution in [1.82, 2.24) is 4.98 Å². The van der Waals surface area contributed by atoms with Gasteiger partial charge in [0.05, 0.1) is 18.8 Å². The average molecular weight is 408 g/mol. The van der Waals surface area contributed by atoms with E-state index in [0.29, 0.717) is 0 Å². The first-order valence-electron chi connectivity index (χ1n) is 9.27. The fourth-order valence-corrected chi connectivity index (χ4v) is 4.85. The van der Waals surface area contributed by atoms with Gasteiger partial charge in [-0.15, -0.1) is 5.54 Å². The lowest BCUT2D eigenvalue weighted by Crippen LogP contribution is -2.37. The molecule has 0 atom stereocenters. The minimum Gasteiger partial charge on any atom is -0.254 e. The number of aromatic nitrogens is 1. The minimum atomic E-state index is -1.37. The highest BCUT2D eigenvalue weighted by molar-refractivity contribution is 6.88. The summed E-state index contributed by atoms with van der Waals surface area (Å²) < 4.78 is 0. The first-order valence-corrected chi connectivity index (χ1v) is 16.6. The summed E-state index contributed by atoms with van der Waals surface area (Å²) in [6.07, 6.45) is 1.94. The Kier molecular flexibility index (Phi) is 5.36. The molecule has 0 aliphatic carbocycles. The summed E-state index contributed by atoms with van der Waals surface area (Å²) in [4.78, 5) is 4.67. The quantitative estimate of drug-likeness (QED) is 0.357. The van der Waals surface area contributed by atoms with Crippen molar-refractivity contribution in [2.75, 3.05) is 0 Å². The highest BCUT2D eigenvalue weighted by atomic mass is 35.5. The molecule has 1 nitrogen and oxygen atoms in total. The van der Waals surface area contributed by atoms with Gasteiger partial charge in [-0.1, -0.05) is 92.3 Å². The summed E-state index contributed by atoms with van der Waals surface area (Å²) in [5.74, 6) is 3.29. The van der Waals surface area contributed by atoms with E-state index in [9.17, 15) is 0 Å². The molecule has 0 unspecified atom stereocenters. The van der Waals surface area contributed by atoms with Crippen LogP contribution >= 0.6 is 11.6 Å². The van der Waals surface area contributed by atoms with Crippen LogP contribution in [0, 0.1) is 11.5 Å². The molecule has 4 heteroatoms.